The van der Waals surface area contributed by atoms with Crippen LogP contribution in [0.4, 0.5) is 0 Å². The third kappa shape index (κ3) is 3.24. The van der Waals surface area contributed by atoms with Crippen LogP contribution in [0.1, 0.15) is 4.88 Å². The highest BCUT2D eigenvalue weighted by molar-refractivity contribution is 8.02. The largest absolute Gasteiger partial charge is 0.465 e. The summed E-state index contributed by atoms with van der Waals surface area (Å²) < 4.78 is 4.81. The van der Waals surface area contributed by atoms with E-state index in [1.165, 1.54) is 30.2 Å². The summed E-state index contributed by atoms with van der Waals surface area (Å²) >= 11 is 3.04. The van der Waals surface area contributed by atoms with Crippen molar-refractivity contribution < 1.29 is 9.53 Å². The lowest BCUT2D eigenvalue weighted by Gasteiger charge is -2.03. The van der Waals surface area contributed by atoms with E-state index in [2.05, 4.69) is 0 Å². The van der Waals surface area contributed by atoms with Gasteiger partial charge in [0.15, 0.2) is 0 Å². The molecule has 0 atom stereocenters. The van der Waals surface area contributed by atoms with Gasteiger partial charge < -0.3 is 4.74 Å². The van der Waals surface area contributed by atoms with E-state index in [4.69, 9.17) is 4.74 Å². The minimum atomic E-state index is -0.305. The minimum absolute atomic E-state index is 0.305. The molecule has 92 valence electrons. The SMILES string of the molecule is COC(=O)/C(=C/Sc1ccccc1)c1cccs1. The highest BCUT2D eigenvalue weighted by atomic mass is 32.2. The second-order valence-electron chi connectivity index (χ2n) is 3.43. The molecule has 0 saturated heterocycles. The molecular weight excluding hydrogens is 264 g/mol. The smallest absolute Gasteiger partial charge is 0.339 e. The van der Waals surface area contributed by atoms with Crippen LogP contribution in [0.25, 0.3) is 5.57 Å². The number of hydrogen-bond donors (Lipinski definition) is 0. The topological polar surface area (TPSA) is 26.3 Å². The second kappa shape index (κ2) is 6.42. The summed E-state index contributed by atoms with van der Waals surface area (Å²) in [6.45, 7) is 0. The Labute approximate surface area is 114 Å². The van der Waals surface area contributed by atoms with Gasteiger partial charge in [-0.1, -0.05) is 36.0 Å². The Hall–Kier alpha value is -1.52. The molecule has 0 aliphatic carbocycles. The first kappa shape index (κ1) is 12.9. The predicted octanol–water partition coefficient (Wildman–Crippen LogP) is 4.05. The van der Waals surface area contributed by atoms with Crippen molar-refractivity contribution in [3.8, 4) is 0 Å². The fraction of sp³-hybridized carbons (Fsp3) is 0.0714. The first-order chi connectivity index (χ1) is 8.81. The number of rotatable bonds is 4. The third-order valence-electron chi connectivity index (χ3n) is 2.25. The normalized spacial score (nSPS) is 11.3. The Morgan fingerprint density at radius 3 is 2.61 bits per heavy atom. The van der Waals surface area contributed by atoms with Crippen LogP contribution in [0.3, 0.4) is 0 Å². The van der Waals surface area contributed by atoms with Gasteiger partial charge in [0.1, 0.15) is 0 Å². The predicted molar refractivity (Wildman–Crippen MR) is 76.6 cm³/mol. The van der Waals surface area contributed by atoms with Gasteiger partial charge in [-0.25, -0.2) is 4.79 Å². The summed E-state index contributed by atoms with van der Waals surface area (Å²) in [5.74, 6) is -0.305. The van der Waals surface area contributed by atoms with Crippen molar-refractivity contribution in [1.29, 1.82) is 0 Å². The van der Waals surface area contributed by atoms with Crippen molar-refractivity contribution in [2.45, 2.75) is 4.90 Å². The molecule has 1 heterocycles. The summed E-state index contributed by atoms with van der Waals surface area (Å²) in [7, 11) is 1.40. The zero-order valence-electron chi connectivity index (χ0n) is 9.83. The van der Waals surface area contributed by atoms with Crippen LogP contribution in [0.5, 0.6) is 0 Å². The highest BCUT2D eigenvalue weighted by Gasteiger charge is 2.13. The van der Waals surface area contributed by atoms with Crippen LogP contribution in [0, 0.1) is 0 Å². The van der Waals surface area contributed by atoms with Crippen LogP contribution in [0.15, 0.2) is 58.1 Å². The van der Waals surface area contributed by atoms with E-state index in [9.17, 15) is 4.79 Å². The Bertz CT molecular complexity index is 530. The summed E-state index contributed by atoms with van der Waals surface area (Å²) in [5.41, 5.74) is 0.598. The third-order valence-corrected chi connectivity index (χ3v) is 4.05. The Balaban J connectivity index is 2.22. The van der Waals surface area contributed by atoms with Gasteiger partial charge in [0.25, 0.3) is 0 Å². The lowest BCUT2D eigenvalue weighted by atomic mass is 10.2. The minimum Gasteiger partial charge on any atom is -0.465 e. The number of thioether (sulfide) groups is 1. The van der Waals surface area contributed by atoms with E-state index in [0.29, 0.717) is 5.57 Å². The van der Waals surface area contributed by atoms with Gasteiger partial charge in [0, 0.05) is 9.77 Å². The van der Waals surface area contributed by atoms with Crippen LogP contribution in [0.2, 0.25) is 0 Å². The van der Waals surface area contributed by atoms with E-state index in [1.807, 2.05) is 53.3 Å². The van der Waals surface area contributed by atoms with Gasteiger partial charge >= 0.3 is 5.97 Å². The molecular formula is C14H12O2S2. The molecule has 4 heteroatoms. The van der Waals surface area contributed by atoms with E-state index in [0.717, 1.165) is 9.77 Å². The molecule has 0 aliphatic heterocycles. The molecule has 0 aliphatic rings. The van der Waals surface area contributed by atoms with Gasteiger partial charge in [-0.15, -0.1) is 11.3 Å². The maximum atomic E-state index is 11.7. The first-order valence-corrected chi connectivity index (χ1v) is 7.11. The van der Waals surface area contributed by atoms with Crippen LogP contribution in [-0.2, 0) is 9.53 Å². The fourth-order valence-electron chi connectivity index (χ4n) is 1.37. The fourth-order valence-corrected chi connectivity index (χ4v) is 2.97. The lowest BCUT2D eigenvalue weighted by Crippen LogP contribution is -2.02. The second-order valence-corrected chi connectivity index (χ2v) is 5.32. The maximum Gasteiger partial charge on any atom is 0.339 e. The number of esters is 1. The van der Waals surface area contributed by atoms with Gasteiger partial charge in [0.2, 0.25) is 0 Å². The molecule has 0 radical (unpaired) electrons. The van der Waals surface area contributed by atoms with Crippen LogP contribution >= 0.6 is 23.1 Å². The molecule has 1 aromatic carbocycles. The number of thiophene rings is 1. The summed E-state index contributed by atoms with van der Waals surface area (Å²) in [6, 6.07) is 13.8. The van der Waals surface area contributed by atoms with E-state index in [1.54, 1.807) is 0 Å². The van der Waals surface area contributed by atoms with Gasteiger partial charge in [-0.3, -0.25) is 0 Å². The average molecular weight is 276 g/mol. The molecule has 1 aromatic heterocycles. The summed E-state index contributed by atoms with van der Waals surface area (Å²) in [4.78, 5) is 13.7. The number of carbonyl (C=O) groups is 1. The van der Waals surface area contributed by atoms with Gasteiger partial charge in [0.05, 0.1) is 12.7 Å². The van der Waals surface area contributed by atoms with Crippen molar-refractivity contribution in [1.82, 2.24) is 0 Å². The quantitative estimate of drug-likeness (QED) is 0.478. The summed E-state index contributed by atoms with van der Waals surface area (Å²) in [6.07, 6.45) is 0. The molecule has 0 spiro atoms. The van der Waals surface area contributed by atoms with Crippen molar-refractivity contribution >= 4 is 34.6 Å². The Morgan fingerprint density at radius 1 is 1.22 bits per heavy atom. The molecule has 0 N–H and O–H groups in total. The Morgan fingerprint density at radius 2 is 2.00 bits per heavy atom. The van der Waals surface area contributed by atoms with Crippen molar-refractivity contribution in [2.24, 2.45) is 0 Å². The highest BCUT2D eigenvalue weighted by Crippen LogP contribution is 2.27. The average Bonchev–Trinajstić information content (AvgIpc) is 2.94. The number of hydrogen-bond acceptors (Lipinski definition) is 4. The number of ether oxygens (including phenoxy) is 1. The maximum absolute atomic E-state index is 11.7. The van der Waals surface area contributed by atoms with Crippen LogP contribution in [-0.4, -0.2) is 13.1 Å². The van der Waals surface area contributed by atoms with Crippen molar-refractivity contribution in [3.63, 3.8) is 0 Å². The molecule has 0 saturated carbocycles. The molecule has 2 aromatic rings. The van der Waals surface area contributed by atoms with E-state index in [-0.39, 0.29) is 5.97 Å². The number of carbonyl (C=O) groups excluding carboxylic acids is 1. The molecule has 0 unspecified atom stereocenters. The molecule has 0 bridgehead atoms. The number of benzene rings is 1. The van der Waals surface area contributed by atoms with Crippen molar-refractivity contribution in [2.75, 3.05) is 7.11 Å². The summed E-state index contributed by atoms with van der Waals surface area (Å²) in [5, 5.41) is 3.78. The lowest BCUT2D eigenvalue weighted by molar-refractivity contribution is -0.133. The standard InChI is InChI=1S/C14H12O2S2/c1-16-14(15)12(13-8-5-9-17-13)10-18-11-6-3-2-4-7-11/h2-10H,1H3/b12-10+. The molecule has 2 nitrogen and oxygen atoms in total. The molecule has 0 amide bonds. The van der Waals surface area contributed by atoms with E-state index >= 15 is 0 Å². The van der Waals surface area contributed by atoms with Gasteiger partial charge in [-0.2, -0.15) is 0 Å². The van der Waals surface area contributed by atoms with E-state index < -0.39 is 0 Å². The zero-order valence-corrected chi connectivity index (χ0v) is 11.5. The molecule has 18 heavy (non-hydrogen) atoms. The first-order valence-electron chi connectivity index (χ1n) is 5.35. The zero-order chi connectivity index (χ0) is 12.8. The Kier molecular flexibility index (Phi) is 4.61. The molecule has 2 rings (SSSR count). The van der Waals surface area contributed by atoms with Crippen LogP contribution < -0.4 is 0 Å². The van der Waals surface area contributed by atoms with Gasteiger partial charge in [-0.05, 0) is 29.0 Å². The molecule has 0 fully saturated rings. The monoisotopic (exact) mass is 276 g/mol. The van der Waals surface area contributed by atoms with Crippen molar-refractivity contribution in [3.05, 3.63) is 58.1 Å². The number of methoxy groups -OCH3 is 1.